The number of sulfonamides is 1. The molecule has 160 valence electrons. The lowest BCUT2D eigenvalue weighted by molar-refractivity contribution is 0.233. The van der Waals surface area contributed by atoms with Crippen molar-refractivity contribution < 1.29 is 17.9 Å². The smallest absolute Gasteiger partial charge is 0.306 e. The Bertz CT molecular complexity index is 1040. The summed E-state index contributed by atoms with van der Waals surface area (Å²) in [6.07, 6.45) is 5.53. The van der Waals surface area contributed by atoms with Crippen LogP contribution in [0, 0.1) is 0 Å². The van der Waals surface area contributed by atoms with Gasteiger partial charge in [0.25, 0.3) is 0 Å². The minimum Gasteiger partial charge on any atom is -0.487 e. The van der Waals surface area contributed by atoms with Crippen molar-refractivity contribution >= 4 is 15.7 Å². The first-order valence-electron chi connectivity index (χ1n) is 10.1. The maximum atomic E-state index is 13.2. The monoisotopic (exact) mass is 429 g/mol. The van der Waals surface area contributed by atoms with Gasteiger partial charge in [0.05, 0.1) is 18.4 Å². The van der Waals surface area contributed by atoms with Crippen LogP contribution in [0.25, 0.3) is 0 Å². The molecule has 30 heavy (non-hydrogen) atoms. The van der Waals surface area contributed by atoms with Crippen LogP contribution in [-0.4, -0.2) is 33.4 Å². The normalized spacial score (nSPS) is 18.9. The largest absolute Gasteiger partial charge is 0.487 e. The molecule has 3 rings (SSSR count). The van der Waals surface area contributed by atoms with Gasteiger partial charge < -0.3 is 15.2 Å². The van der Waals surface area contributed by atoms with E-state index in [9.17, 15) is 8.42 Å². The third-order valence-corrected chi connectivity index (χ3v) is 7.27. The van der Waals surface area contributed by atoms with Crippen LogP contribution >= 0.6 is 0 Å². The number of nitrogens with two attached hydrogens (primary N) is 1. The predicted octanol–water partition coefficient (Wildman–Crippen LogP) is 4.34. The third kappa shape index (κ3) is 4.14. The van der Waals surface area contributed by atoms with Gasteiger partial charge in [-0.15, -0.1) is 0 Å². The van der Waals surface area contributed by atoms with E-state index in [-0.39, 0.29) is 22.3 Å². The van der Waals surface area contributed by atoms with E-state index in [0.29, 0.717) is 35.2 Å². The second-order valence-electron chi connectivity index (χ2n) is 7.29. The van der Waals surface area contributed by atoms with Gasteiger partial charge in [-0.3, -0.25) is 0 Å². The van der Waals surface area contributed by atoms with Gasteiger partial charge in [-0.2, -0.15) is 12.3 Å². The van der Waals surface area contributed by atoms with Crippen LogP contribution in [-0.2, 0) is 10.0 Å². The highest BCUT2D eigenvalue weighted by Gasteiger charge is 2.46. The lowest BCUT2D eigenvalue weighted by Crippen LogP contribution is -2.56. The highest BCUT2D eigenvalue weighted by atomic mass is 32.2. The zero-order chi connectivity index (χ0) is 21.8. The van der Waals surface area contributed by atoms with Gasteiger partial charge in [-0.1, -0.05) is 18.2 Å². The number of benzene rings is 2. The Balaban J connectivity index is 1.97. The van der Waals surface area contributed by atoms with Crippen molar-refractivity contribution in [2.75, 3.05) is 18.8 Å². The molecule has 1 unspecified atom stereocenters. The average Bonchev–Trinajstić information content (AvgIpc) is 2.75. The van der Waals surface area contributed by atoms with Crippen molar-refractivity contribution in [3.05, 3.63) is 72.5 Å². The summed E-state index contributed by atoms with van der Waals surface area (Å²) in [7, 11) is -3.51. The summed E-state index contributed by atoms with van der Waals surface area (Å²) in [6, 6.07) is 14.6. The number of allylic oxidation sites excluding steroid dienone is 2. The first-order valence-corrected chi connectivity index (χ1v) is 11.7. The second kappa shape index (κ2) is 9.04. The van der Waals surface area contributed by atoms with Crippen molar-refractivity contribution in [3.8, 4) is 17.2 Å². The van der Waals surface area contributed by atoms with Crippen molar-refractivity contribution in [2.45, 2.75) is 26.9 Å². The molecule has 0 aromatic heterocycles. The molecule has 0 spiro atoms. The van der Waals surface area contributed by atoms with Gasteiger partial charge in [0.2, 0.25) is 0 Å². The van der Waals surface area contributed by atoms with E-state index >= 15 is 0 Å². The standard InChI is InChI=1S/C23H29N2O4S/c1-4-30(26,27)25(16-8-7-9-20(25)17-24)19-12-14-21(15-13-19)29-23-11-6-5-10-22(23)28-18(2)3/h5-15,18H,4,16-17,24H2,1-3H3/q+1. The summed E-state index contributed by atoms with van der Waals surface area (Å²) in [5.74, 6) is 1.86. The molecule has 0 aliphatic carbocycles. The Morgan fingerprint density at radius 3 is 2.33 bits per heavy atom. The zero-order valence-electron chi connectivity index (χ0n) is 17.6. The highest BCUT2D eigenvalue weighted by Crippen LogP contribution is 2.38. The van der Waals surface area contributed by atoms with Crippen LogP contribution in [0.5, 0.6) is 17.2 Å². The van der Waals surface area contributed by atoms with Crippen LogP contribution in [0.4, 0.5) is 5.69 Å². The van der Waals surface area contributed by atoms with E-state index < -0.39 is 10.0 Å². The first-order chi connectivity index (χ1) is 14.3. The fraction of sp³-hybridized carbons (Fsp3) is 0.304. The van der Waals surface area contributed by atoms with Crippen molar-refractivity contribution in [2.24, 2.45) is 5.73 Å². The van der Waals surface area contributed by atoms with Crippen LogP contribution in [0.1, 0.15) is 20.8 Å². The van der Waals surface area contributed by atoms with Crippen LogP contribution in [0.2, 0.25) is 0 Å². The fourth-order valence-electron chi connectivity index (χ4n) is 3.55. The van der Waals surface area contributed by atoms with Gasteiger partial charge >= 0.3 is 10.0 Å². The second-order valence-corrected chi connectivity index (χ2v) is 9.66. The van der Waals surface area contributed by atoms with Gasteiger partial charge in [-0.25, -0.2) is 0 Å². The van der Waals surface area contributed by atoms with E-state index in [0.717, 1.165) is 0 Å². The summed E-state index contributed by atoms with van der Waals surface area (Å²) >= 11 is 0. The van der Waals surface area contributed by atoms with E-state index in [4.69, 9.17) is 15.2 Å². The number of hydrogen-bond donors (Lipinski definition) is 1. The Hall–Kier alpha value is -2.61. The lowest BCUT2D eigenvalue weighted by atomic mass is 10.2. The molecular formula is C23H29N2O4S+. The minimum absolute atomic E-state index is 0.0103. The topological polar surface area (TPSA) is 78.6 Å². The summed E-state index contributed by atoms with van der Waals surface area (Å²) < 4.78 is 37.9. The van der Waals surface area contributed by atoms with Crippen LogP contribution < -0.4 is 19.1 Å². The van der Waals surface area contributed by atoms with Crippen LogP contribution in [0.3, 0.4) is 0 Å². The minimum atomic E-state index is -3.51. The zero-order valence-corrected chi connectivity index (χ0v) is 18.4. The molecule has 1 atom stereocenters. The molecule has 1 heterocycles. The molecular weight excluding hydrogens is 400 g/mol. The van der Waals surface area contributed by atoms with Gasteiger partial charge in [0.15, 0.2) is 17.2 Å². The molecule has 0 amide bonds. The number of hydrogen-bond acceptors (Lipinski definition) is 5. The SMILES string of the molecule is CCS(=O)(=O)[N+]1(c2ccc(Oc3ccccc3OC(C)C)cc2)CC=CC=C1CN. The molecule has 0 bridgehead atoms. The molecule has 7 heteroatoms. The molecule has 0 saturated carbocycles. The van der Waals surface area contributed by atoms with E-state index in [1.54, 1.807) is 37.3 Å². The van der Waals surface area contributed by atoms with E-state index in [1.807, 2.05) is 50.3 Å². The molecule has 1 aliphatic heterocycles. The van der Waals surface area contributed by atoms with Gasteiger partial charge in [0.1, 0.15) is 18.0 Å². The molecule has 2 aromatic rings. The molecule has 0 saturated heterocycles. The summed E-state index contributed by atoms with van der Waals surface area (Å²) in [5.41, 5.74) is 7.21. The quantitative estimate of drug-likeness (QED) is 0.632. The van der Waals surface area contributed by atoms with Crippen LogP contribution in [0.15, 0.2) is 72.5 Å². The third-order valence-electron chi connectivity index (χ3n) is 4.99. The first kappa shape index (κ1) is 22.1. The predicted molar refractivity (Wildman–Crippen MR) is 121 cm³/mol. The molecule has 0 fully saturated rings. The highest BCUT2D eigenvalue weighted by molar-refractivity contribution is 7.91. The van der Waals surface area contributed by atoms with Crippen molar-refractivity contribution in [1.82, 2.24) is 3.89 Å². The van der Waals surface area contributed by atoms with Gasteiger partial charge in [-0.05, 0) is 57.2 Å². The Labute approximate surface area is 178 Å². The Morgan fingerprint density at radius 2 is 1.73 bits per heavy atom. The maximum absolute atomic E-state index is 13.2. The summed E-state index contributed by atoms with van der Waals surface area (Å²) in [6.45, 7) is 6.04. The van der Waals surface area contributed by atoms with Crippen molar-refractivity contribution in [1.29, 1.82) is 0 Å². The van der Waals surface area contributed by atoms with E-state index in [2.05, 4.69) is 0 Å². The molecule has 2 N–H and O–H groups in total. The molecule has 2 aromatic carbocycles. The number of ether oxygens (including phenoxy) is 2. The Morgan fingerprint density at radius 1 is 1.07 bits per heavy atom. The van der Waals surface area contributed by atoms with E-state index in [1.165, 1.54) is 0 Å². The van der Waals surface area contributed by atoms with Gasteiger partial charge in [0, 0.05) is 12.1 Å². The number of para-hydroxylation sites is 2. The molecule has 1 aliphatic rings. The molecule has 0 radical (unpaired) electrons. The number of rotatable bonds is 8. The lowest BCUT2D eigenvalue weighted by Gasteiger charge is -2.37. The molecule has 6 nitrogen and oxygen atoms in total. The Kier molecular flexibility index (Phi) is 6.65. The van der Waals surface area contributed by atoms with Crippen molar-refractivity contribution in [3.63, 3.8) is 0 Å². The number of nitrogens with zero attached hydrogens (tertiary/aromatic N) is 1. The summed E-state index contributed by atoms with van der Waals surface area (Å²) in [5, 5.41) is 0. The fourth-order valence-corrected chi connectivity index (χ4v) is 5.24. The average molecular weight is 430 g/mol. The maximum Gasteiger partial charge on any atom is 0.306 e. The summed E-state index contributed by atoms with van der Waals surface area (Å²) in [4.78, 5) is 0. The number of quaternary nitrogens is 1.